The lowest BCUT2D eigenvalue weighted by molar-refractivity contribution is 0.0232. The maximum Gasteiger partial charge on any atom is 0.319 e. The number of ether oxygens (including phenoxy) is 1. The second-order valence-corrected chi connectivity index (χ2v) is 5.85. The second-order valence-electron chi connectivity index (χ2n) is 5.85. The average molecular weight is 291 g/mol. The minimum absolute atomic E-state index is 0.194. The van der Waals surface area contributed by atoms with E-state index in [2.05, 4.69) is 22.9 Å². The van der Waals surface area contributed by atoms with E-state index in [1.807, 2.05) is 38.2 Å². The summed E-state index contributed by atoms with van der Waals surface area (Å²) < 4.78 is 5.66. The maximum absolute atomic E-state index is 12.0. The van der Waals surface area contributed by atoms with Gasteiger partial charge in [0.15, 0.2) is 0 Å². The number of anilines is 1. The smallest absolute Gasteiger partial charge is 0.319 e. The molecule has 1 saturated heterocycles. The van der Waals surface area contributed by atoms with E-state index in [1.165, 1.54) is 0 Å². The molecule has 5 nitrogen and oxygen atoms in total. The lowest BCUT2D eigenvalue weighted by atomic mass is 10.0. The highest BCUT2D eigenvalue weighted by atomic mass is 16.5. The van der Waals surface area contributed by atoms with Crippen molar-refractivity contribution in [1.82, 2.24) is 10.6 Å². The van der Waals surface area contributed by atoms with Gasteiger partial charge in [-0.3, -0.25) is 0 Å². The summed E-state index contributed by atoms with van der Waals surface area (Å²) in [6.45, 7) is 5.43. The SMILES string of the molecule is CNC(C)c1cccc(NC(=O)NCC2(C)CCCO2)c1. The van der Waals surface area contributed by atoms with Gasteiger partial charge in [0.25, 0.3) is 0 Å². The highest BCUT2D eigenvalue weighted by Gasteiger charge is 2.29. The van der Waals surface area contributed by atoms with Crippen LogP contribution in [-0.2, 0) is 4.74 Å². The fourth-order valence-electron chi connectivity index (χ4n) is 2.47. The predicted molar refractivity (Wildman–Crippen MR) is 84.5 cm³/mol. The Hall–Kier alpha value is -1.59. The van der Waals surface area contributed by atoms with Crippen molar-refractivity contribution in [3.8, 4) is 0 Å². The number of rotatable bonds is 5. The van der Waals surface area contributed by atoms with Crippen LogP contribution < -0.4 is 16.0 Å². The highest BCUT2D eigenvalue weighted by Crippen LogP contribution is 2.24. The summed E-state index contributed by atoms with van der Waals surface area (Å²) in [7, 11) is 1.92. The van der Waals surface area contributed by atoms with E-state index in [9.17, 15) is 4.79 Å². The fourth-order valence-corrected chi connectivity index (χ4v) is 2.47. The van der Waals surface area contributed by atoms with Crippen LogP contribution in [0.2, 0.25) is 0 Å². The highest BCUT2D eigenvalue weighted by molar-refractivity contribution is 5.89. The number of urea groups is 1. The van der Waals surface area contributed by atoms with Crippen LogP contribution in [-0.4, -0.2) is 31.8 Å². The molecule has 1 aliphatic rings. The molecule has 2 unspecified atom stereocenters. The van der Waals surface area contributed by atoms with Crippen LogP contribution in [0.5, 0.6) is 0 Å². The van der Waals surface area contributed by atoms with E-state index in [0.29, 0.717) is 6.54 Å². The van der Waals surface area contributed by atoms with Gasteiger partial charge >= 0.3 is 6.03 Å². The quantitative estimate of drug-likeness (QED) is 0.781. The predicted octanol–water partition coefficient (Wildman–Crippen LogP) is 2.66. The summed E-state index contributed by atoms with van der Waals surface area (Å²) in [5.41, 5.74) is 1.71. The molecule has 1 fully saturated rings. The van der Waals surface area contributed by atoms with Crippen LogP contribution in [0.25, 0.3) is 0 Å². The fraction of sp³-hybridized carbons (Fsp3) is 0.562. The summed E-state index contributed by atoms with van der Waals surface area (Å²) in [6.07, 6.45) is 2.05. The lowest BCUT2D eigenvalue weighted by Gasteiger charge is -2.23. The molecule has 2 amide bonds. The molecule has 1 aromatic carbocycles. The zero-order valence-electron chi connectivity index (χ0n) is 13.0. The summed E-state index contributed by atoms with van der Waals surface area (Å²) in [5, 5.41) is 8.94. The van der Waals surface area contributed by atoms with E-state index >= 15 is 0 Å². The molecule has 0 radical (unpaired) electrons. The van der Waals surface area contributed by atoms with E-state index in [1.54, 1.807) is 0 Å². The Kier molecular flexibility index (Phi) is 5.20. The Morgan fingerprint density at radius 1 is 1.48 bits per heavy atom. The van der Waals surface area contributed by atoms with Crippen LogP contribution >= 0.6 is 0 Å². The third-order valence-electron chi connectivity index (χ3n) is 4.00. The van der Waals surface area contributed by atoms with Crippen molar-refractivity contribution >= 4 is 11.7 Å². The molecule has 0 aromatic heterocycles. The molecule has 116 valence electrons. The number of hydrogen-bond acceptors (Lipinski definition) is 3. The molecule has 1 aliphatic heterocycles. The standard InChI is InChI=1S/C16H25N3O2/c1-12(17-3)13-6-4-7-14(10-13)19-15(20)18-11-16(2)8-5-9-21-16/h4,6-7,10,12,17H,5,8-9,11H2,1-3H3,(H2,18,19,20). The Labute approximate surface area is 126 Å². The number of hydrogen-bond donors (Lipinski definition) is 3. The van der Waals surface area contributed by atoms with E-state index in [0.717, 1.165) is 30.7 Å². The zero-order chi connectivity index (χ0) is 15.3. The number of nitrogens with one attached hydrogen (secondary N) is 3. The molecular formula is C16H25N3O2. The van der Waals surface area contributed by atoms with Gasteiger partial charge in [0.2, 0.25) is 0 Å². The van der Waals surface area contributed by atoms with Crippen LogP contribution in [0.4, 0.5) is 10.5 Å². The summed E-state index contributed by atoms with van der Waals surface area (Å²) in [6, 6.07) is 7.91. The van der Waals surface area contributed by atoms with Gasteiger partial charge in [0.05, 0.1) is 5.60 Å². The first-order chi connectivity index (χ1) is 10.0. The first-order valence-electron chi connectivity index (χ1n) is 7.48. The molecule has 5 heteroatoms. The van der Waals surface area contributed by atoms with Crippen molar-refractivity contribution < 1.29 is 9.53 Å². The minimum Gasteiger partial charge on any atom is -0.373 e. The number of carbonyl (C=O) groups is 1. The van der Waals surface area contributed by atoms with Gasteiger partial charge in [-0.1, -0.05) is 12.1 Å². The van der Waals surface area contributed by atoms with Gasteiger partial charge in [0.1, 0.15) is 0 Å². The van der Waals surface area contributed by atoms with E-state index in [-0.39, 0.29) is 17.7 Å². The lowest BCUT2D eigenvalue weighted by Crippen LogP contribution is -2.41. The summed E-state index contributed by atoms with van der Waals surface area (Å²) in [5.74, 6) is 0. The topological polar surface area (TPSA) is 62.4 Å². The van der Waals surface area contributed by atoms with Crippen molar-refractivity contribution in [2.45, 2.75) is 38.3 Å². The number of amides is 2. The van der Waals surface area contributed by atoms with Crippen molar-refractivity contribution in [3.63, 3.8) is 0 Å². The van der Waals surface area contributed by atoms with Crippen LogP contribution in [0, 0.1) is 0 Å². The molecule has 0 spiro atoms. The van der Waals surface area contributed by atoms with Gasteiger partial charge in [0, 0.05) is 24.9 Å². The monoisotopic (exact) mass is 291 g/mol. The third kappa shape index (κ3) is 4.44. The molecule has 0 bridgehead atoms. The molecule has 0 aliphatic carbocycles. The Morgan fingerprint density at radius 2 is 2.29 bits per heavy atom. The van der Waals surface area contributed by atoms with Gasteiger partial charge in [-0.25, -0.2) is 4.79 Å². The van der Waals surface area contributed by atoms with Crippen molar-refractivity contribution in [1.29, 1.82) is 0 Å². The first kappa shape index (κ1) is 15.8. The molecule has 1 aromatic rings. The van der Waals surface area contributed by atoms with Crippen LogP contribution in [0.1, 0.15) is 38.3 Å². The van der Waals surface area contributed by atoms with Gasteiger partial charge < -0.3 is 20.7 Å². The average Bonchev–Trinajstić information content (AvgIpc) is 2.92. The van der Waals surface area contributed by atoms with Gasteiger partial charge in [-0.05, 0) is 51.4 Å². The third-order valence-corrected chi connectivity index (χ3v) is 4.00. The maximum atomic E-state index is 12.0. The van der Waals surface area contributed by atoms with Crippen LogP contribution in [0.3, 0.4) is 0 Å². The molecular weight excluding hydrogens is 266 g/mol. The minimum atomic E-state index is -0.222. The zero-order valence-corrected chi connectivity index (χ0v) is 13.0. The number of benzene rings is 1. The molecule has 2 rings (SSSR count). The molecule has 21 heavy (non-hydrogen) atoms. The largest absolute Gasteiger partial charge is 0.373 e. The summed E-state index contributed by atoms with van der Waals surface area (Å²) >= 11 is 0. The Morgan fingerprint density at radius 3 is 2.95 bits per heavy atom. The van der Waals surface area contributed by atoms with Crippen molar-refractivity contribution in [2.24, 2.45) is 0 Å². The normalized spacial score (nSPS) is 22.8. The van der Waals surface area contributed by atoms with E-state index in [4.69, 9.17) is 4.74 Å². The Balaban J connectivity index is 1.87. The van der Waals surface area contributed by atoms with Gasteiger partial charge in [-0.2, -0.15) is 0 Å². The molecule has 1 heterocycles. The molecule has 2 atom stereocenters. The first-order valence-corrected chi connectivity index (χ1v) is 7.48. The molecule has 3 N–H and O–H groups in total. The van der Waals surface area contributed by atoms with Crippen molar-refractivity contribution in [3.05, 3.63) is 29.8 Å². The van der Waals surface area contributed by atoms with E-state index < -0.39 is 0 Å². The number of carbonyl (C=O) groups excluding carboxylic acids is 1. The van der Waals surface area contributed by atoms with Crippen molar-refractivity contribution in [2.75, 3.05) is 25.5 Å². The second kappa shape index (κ2) is 6.91. The summed E-state index contributed by atoms with van der Waals surface area (Å²) in [4.78, 5) is 12.0. The van der Waals surface area contributed by atoms with Gasteiger partial charge in [-0.15, -0.1) is 0 Å². The molecule has 0 saturated carbocycles. The van der Waals surface area contributed by atoms with Crippen LogP contribution in [0.15, 0.2) is 24.3 Å². The Bertz CT molecular complexity index is 484.